The van der Waals surface area contributed by atoms with Gasteiger partial charge in [-0.15, -0.1) is 0 Å². The van der Waals surface area contributed by atoms with Gasteiger partial charge in [0.2, 0.25) is 5.91 Å². The van der Waals surface area contributed by atoms with E-state index < -0.39 is 0 Å². The van der Waals surface area contributed by atoms with E-state index in [0.717, 1.165) is 19.3 Å². The van der Waals surface area contributed by atoms with Gasteiger partial charge in [-0.1, -0.05) is 27.5 Å². The number of hydrogen-bond acceptors (Lipinski definition) is 2. The number of carbonyl (C=O) groups excluding carboxylic acids is 1. The van der Waals surface area contributed by atoms with Crippen molar-refractivity contribution in [1.82, 2.24) is 0 Å². The lowest BCUT2D eigenvalue weighted by Gasteiger charge is -2.59. The molecule has 4 fully saturated rings. The van der Waals surface area contributed by atoms with Gasteiger partial charge in [-0.25, -0.2) is 0 Å². The van der Waals surface area contributed by atoms with Gasteiger partial charge in [-0.3, -0.25) is 4.79 Å². The van der Waals surface area contributed by atoms with Gasteiger partial charge in [0.1, 0.15) is 5.75 Å². The van der Waals surface area contributed by atoms with Crippen LogP contribution in [0.25, 0.3) is 0 Å². The molecule has 5 rings (SSSR count). The third-order valence-corrected chi connectivity index (χ3v) is 6.84. The number of anilines is 1. The highest BCUT2D eigenvalue weighted by Crippen LogP contribution is 2.64. The zero-order chi connectivity index (χ0) is 15.5. The minimum atomic E-state index is -0.289. The van der Waals surface area contributed by atoms with Crippen LogP contribution in [0.2, 0.25) is 5.02 Å². The largest absolute Gasteiger partial charge is 0.506 e. The van der Waals surface area contributed by atoms with Gasteiger partial charge in [0.05, 0.1) is 11.1 Å². The molecule has 118 valence electrons. The van der Waals surface area contributed by atoms with Crippen LogP contribution in [-0.4, -0.2) is 15.3 Å². The summed E-state index contributed by atoms with van der Waals surface area (Å²) < 4.78 is 0.144. The highest BCUT2D eigenvalue weighted by Gasteiger charge is 2.59. The molecular weight excluding hydrogens is 366 g/mol. The zero-order valence-corrected chi connectivity index (χ0v) is 14.6. The second-order valence-electron chi connectivity index (χ2n) is 7.51. The maximum atomic E-state index is 13.0. The number of hydrogen-bond donors (Lipinski definition) is 2. The van der Waals surface area contributed by atoms with Gasteiger partial charge in [-0.2, -0.15) is 0 Å². The van der Waals surface area contributed by atoms with Gasteiger partial charge in [0.25, 0.3) is 0 Å². The number of carbonyl (C=O) groups is 1. The first-order chi connectivity index (χ1) is 10.4. The van der Waals surface area contributed by atoms with Crippen LogP contribution in [-0.2, 0) is 4.79 Å². The molecule has 2 atom stereocenters. The molecule has 0 aromatic heterocycles. The van der Waals surface area contributed by atoms with Crippen molar-refractivity contribution in [2.75, 3.05) is 5.32 Å². The normalized spacial score (nSPS) is 39.0. The average molecular weight is 385 g/mol. The highest BCUT2D eigenvalue weighted by molar-refractivity contribution is 9.10. The van der Waals surface area contributed by atoms with Crippen molar-refractivity contribution in [3.63, 3.8) is 0 Å². The summed E-state index contributed by atoms with van der Waals surface area (Å²) >= 11 is 9.89. The minimum Gasteiger partial charge on any atom is -0.506 e. The summed E-state index contributed by atoms with van der Waals surface area (Å²) in [6, 6.07) is 4.74. The van der Waals surface area contributed by atoms with Gasteiger partial charge in [0.15, 0.2) is 0 Å². The monoisotopic (exact) mass is 383 g/mol. The third-order valence-electron chi connectivity index (χ3n) is 5.68. The Hall–Kier alpha value is -0.740. The maximum Gasteiger partial charge on any atom is 0.230 e. The Morgan fingerprint density at radius 2 is 1.95 bits per heavy atom. The second-order valence-corrected chi connectivity index (χ2v) is 9.63. The first kappa shape index (κ1) is 14.8. The van der Waals surface area contributed by atoms with E-state index in [1.807, 2.05) is 0 Å². The van der Waals surface area contributed by atoms with Gasteiger partial charge >= 0.3 is 0 Å². The van der Waals surface area contributed by atoms with Crippen molar-refractivity contribution >= 4 is 39.1 Å². The van der Waals surface area contributed by atoms with Crippen molar-refractivity contribution in [1.29, 1.82) is 0 Å². The molecule has 22 heavy (non-hydrogen) atoms. The number of rotatable bonds is 2. The molecule has 0 saturated heterocycles. The van der Waals surface area contributed by atoms with Crippen LogP contribution in [0.3, 0.4) is 0 Å². The predicted molar refractivity (Wildman–Crippen MR) is 90.5 cm³/mol. The van der Waals surface area contributed by atoms with Crippen LogP contribution in [0.5, 0.6) is 5.75 Å². The van der Waals surface area contributed by atoms with Crippen molar-refractivity contribution in [2.45, 2.75) is 42.8 Å². The Morgan fingerprint density at radius 1 is 1.27 bits per heavy atom. The molecule has 0 aliphatic heterocycles. The quantitative estimate of drug-likeness (QED) is 0.572. The van der Waals surface area contributed by atoms with E-state index in [2.05, 4.69) is 21.2 Å². The number of amides is 1. The fourth-order valence-electron chi connectivity index (χ4n) is 5.28. The van der Waals surface area contributed by atoms with Crippen LogP contribution < -0.4 is 5.32 Å². The fraction of sp³-hybridized carbons (Fsp3) is 0.588. The Labute approximate surface area is 143 Å². The Morgan fingerprint density at radius 3 is 2.59 bits per heavy atom. The minimum absolute atomic E-state index is 0.0444. The molecule has 4 bridgehead atoms. The standard InChI is InChI=1S/C17H19BrClNO2/c18-17-7-10-3-11(8-17)6-16(5-10,9-17)15(22)20-13-4-12(19)1-2-14(13)21/h1-2,4,10-11,21H,3,5-9H2,(H,20,22). The van der Waals surface area contributed by atoms with Crippen molar-refractivity contribution in [2.24, 2.45) is 17.3 Å². The summed E-state index contributed by atoms with van der Waals surface area (Å²) in [6.07, 6.45) is 6.51. The van der Waals surface area contributed by atoms with E-state index >= 15 is 0 Å². The van der Waals surface area contributed by atoms with E-state index in [-0.39, 0.29) is 21.4 Å². The molecule has 1 aromatic carbocycles. The highest BCUT2D eigenvalue weighted by atomic mass is 79.9. The Bertz CT molecular complexity index is 634. The second kappa shape index (κ2) is 4.88. The molecule has 1 aromatic rings. The number of aromatic hydroxyl groups is 1. The molecule has 4 aliphatic rings. The van der Waals surface area contributed by atoms with Gasteiger partial charge in [-0.05, 0) is 68.6 Å². The van der Waals surface area contributed by atoms with E-state index in [1.54, 1.807) is 12.1 Å². The lowest BCUT2D eigenvalue weighted by molar-refractivity contribution is -0.138. The van der Waals surface area contributed by atoms with E-state index in [9.17, 15) is 9.90 Å². The lowest BCUT2D eigenvalue weighted by Crippen LogP contribution is -2.57. The summed E-state index contributed by atoms with van der Waals surface area (Å²) in [7, 11) is 0. The molecule has 0 heterocycles. The summed E-state index contributed by atoms with van der Waals surface area (Å²) in [6.45, 7) is 0. The fourth-order valence-corrected chi connectivity index (χ4v) is 6.90. The van der Waals surface area contributed by atoms with Crippen LogP contribution >= 0.6 is 27.5 Å². The Kier molecular flexibility index (Phi) is 3.29. The number of halogens is 2. The third kappa shape index (κ3) is 2.35. The summed E-state index contributed by atoms with van der Waals surface area (Å²) in [5.41, 5.74) is 0.124. The number of phenols is 1. The summed E-state index contributed by atoms with van der Waals surface area (Å²) in [5.74, 6) is 1.41. The molecule has 4 aliphatic carbocycles. The van der Waals surface area contributed by atoms with Crippen LogP contribution in [0, 0.1) is 17.3 Å². The number of benzene rings is 1. The number of alkyl halides is 1. The van der Waals surface area contributed by atoms with Gasteiger partial charge in [0, 0.05) is 9.35 Å². The van der Waals surface area contributed by atoms with E-state index in [4.69, 9.17) is 11.6 Å². The molecule has 2 unspecified atom stereocenters. The molecule has 5 heteroatoms. The van der Waals surface area contributed by atoms with Crippen molar-refractivity contribution < 1.29 is 9.90 Å². The molecule has 4 saturated carbocycles. The predicted octanol–water partition coefficient (Wildman–Crippen LogP) is 4.72. The Balaban J connectivity index is 1.61. The maximum absolute atomic E-state index is 13.0. The van der Waals surface area contributed by atoms with Crippen LogP contribution in [0.1, 0.15) is 38.5 Å². The zero-order valence-electron chi connectivity index (χ0n) is 12.2. The summed E-state index contributed by atoms with van der Waals surface area (Å²) in [5, 5.41) is 13.4. The summed E-state index contributed by atoms with van der Waals surface area (Å²) in [4.78, 5) is 13.0. The molecular formula is C17H19BrClNO2. The first-order valence-electron chi connectivity index (χ1n) is 7.86. The van der Waals surface area contributed by atoms with Crippen molar-refractivity contribution in [3.05, 3.63) is 23.2 Å². The molecule has 2 N–H and O–H groups in total. The van der Waals surface area contributed by atoms with Crippen molar-refractivity contribution in [3.8, 4) is 5.75 Å². The molecule has 0 spiro atoms. The SMILES string of the molecule is O=C(Nc1cc(Cl)ccc1O)C12CC3CC(CC(Br)(C3)C1)C2. The molecule has 3 nitrogen and oxygen atoms in total. The number of phenolic OH excluding ortho intramolecular Hbond substituents is 1. The molecule has 0 radical (unpaired) electrons. The van der Waals surface area contributed by atoms with E-state index in [0.29, 0.717) is 22.5 Å². The topological polar surface area (TPSA) is 49.3 Å². The first-order valence-corrected chi connectivity index (χ1v) is 9.04. The lowest BCUT2D eigenvalue weighted by atomic mass is 9.49. The number of nitrogens with one attached hydrogen (secondary N) is 1. The van der Waals surface area contributed by atoms with E-state index in [1.165, 1.54) is 25.3 Å². The average Bonchev–Trinajstić information content (AvgIpc) is 2.40. The van der Waals surface area contributed by atoms with Crippen LogP contribution in [0.15, 0.2) is 18.2 Å². The molecule has 1 amide bonds. The van der Waals surface area contributed by atoms with Crippen LogP contribution in [0.4, 0.5) is 5.69 Å². The van der Waals surface area contributed by atoms with Gasteiger partial charge < -0.3 is 10.4 Å². The smallest absolute Gasteiger partial charge is 0.230 e.